The quantitative estimate of drug-likeness (QED) is 0.0488. The highest BCUT2D eigenvalue weighted by molar-refractivity contribution is 7.15. The molecule has 15 heteroatoms. The number of imide groups is 2. The number of rotatable bonds is 15. The number of fused-ring (bicyclic) bond motifs is 3. The number of aliphatic hydroxyl groups excluding tert-OH is 1. The number of piperidine rings is 1. The maximum absolute atomic E-state index is 13.5. The molecule has 0 spiro atoms. The van der Waals surface area contributed by atoms with Crippen molar-refractivity contribution in [2.24, 2.45) is 4.99 Å². The van der Waals surface area contributed by atoms with Gasteiger partial charge in [-0.25, -0.2) is 0 Å². The molecule has 3 atom stereocenters. The van der Waals surface area contributed by atoms with Gasteiger partial charge in [0.25, 0.3) is 11.8 Å². The average molecular weight is 835 g/mol. The smallest absolute Gasteiger partial charge is 0.262 e. The molecule has 2 aromatic heterocycles. The number of thiophene rings is 1. The molecule has 13 nitrogen and oxygen atoms in total. The summed E-state index contributed by atoms with van der Waals surface area (Å²) in [6, 6.07) is 15.2. The van der Waals surface area contributed by atoms with Crippen molar-refractivity contribution in [1.82, 2.24) is 30.3 Å². The van der Waals surface area contributed by atoms with Crippen molar-refractivity contribution in [2.75, 3.05) is 18.4 Å². The van der Waals surface area contributed by atoms with Crippen molar-refractivity contribution in [3.05, 3.63) is 104 Å². The average Bonchev–Trinajstić information content (AvgIpc) is 3.70. The number of carbonyl (C=O) groups is 4. The third kappa shape index (κ3) is 7.94. The summed E-state index contributed by atoms with van der Waals surface area (Å²) in [6.07, 6.45) is 5.88. The van der Waals surface area contributed by atoms with Crippen LogP contribution in [0.15, 0.2) is 59.6 Å². The predicted molar refractivity (Wildman–Crippen MR) is 229 cm³/mol. The van der Waals surface area contributed by atoms with Gasteiger partial charge in [-0.15, -0.1) is 21.5 Å². The van der Waals surface area contributed by atoms with Crippen LogP contribution in [0.25, 0.3) is 15.8 Å². The van der Waals surface area contributed by atoms with Crippen molar-refractivity contribution >= 4 is 68.7 Å². The number of anilines is 1. The summed E-state index contributed by atoms with van der Waals surface area (Å²) >= 11 is 7.95. The lowest BCUT2D eigenvalue weighted by Crippen LogP contribution is -2.57. The van der Waals surface area contributed by atoms with Gasteiger partial charge in [-0.1, -0.05) is 61.5 Å². The zero-order valence-corrected chi connectivity index (χ0v) is 34.9. The molecule has 3 aliphatic rings. The Labute approximate surface area is 351 Å². The van der Waals surface area contributed by atoms with Gasteiger partial charge in [-0.3, -0.25) is 44.3 Å². The zero-order chi connectivity index (χ0) is 41.4. The van der Waals surface area contributed by atoms with Gasteiger partial charge in [0.05, 0.1) is 5.71 Å². The largest absolute Gasteiger partial charge is 0.385 e. The first kappa shape index (κ1) is 40.5. The third-order valence-electron chi connectivity index (χ3n) is 11.6. The lowest BCUT2D eigenvalue weighted by molar-refractivity contribution is -0.136. The van der Waals surface area contributed by atoms with Crippen LogP contribution in [0, 0.1) is 20.8 Å². The minimum Gasteiger partial charge on any atom is -0.385 e. The molecule has 4 amide bonds. The standard InChI is InChI=1S/C44H47ClN8O5S/c1-24-25(2)59-44-37(24)39(27-13-15-28(45)16-14-27)48-33(40-51-50-26(3)52(40)44)23-36(55)47-22-9-7-5-4-6-8-21-46-32-18-17-31-38-29(32)11-10-12-30(38)42(57)53(43(31)58)34-19-20-35(54)49-41(34)56/h10-18,33-34,36,46-47,55H,4-9,19-23H2,1-3H3,(H,49,54,56)/t33-,34?,36?/m0/s1. The van der Waals surface area contributed by atoms with E-state index >= 15 is 0 Å². The number of nitrogens with one attached hydrogen (secondary N) is 3. The van der Waals surface area contributed by atoms with E-state index in [0.717, 1.165) is 94.5 Å². The van der Waals surface area contributed by atoms with Crippen molar-refractivity contribution in [3.63, 3.8) is 0 Å². The first-order valence-electron chi connectivity index (χ1n) is 20.3. The maximum atomic E-state index is 13.5. The summed E-state index contributed by atoms with van der Waals surface area (Å²) in [7, 11) is 0. The number of nitrogens with zero attached hydrogens (tertiary/aromatic N) is 5. The molecule has 4 N–H and O–H groups in total. The number of benzene rings is 3. The number of unbranched alkanes of at least 4 members (excludes halogenated alkanes) is 5. The molecular formula is C44H47ClN8O5S. The van der Waals surface area contributed by atoms with Gasteiger partial charge in [0.1, 0.15) is 29.1 Å². The molecule has 0 aliphatic carbocycles. The number of hydrogen-bond donors (Lipinski definition) is 4. The molecule has 0 radical (unpaired) electrons. The molecule has 3 aliphatic heterocycles. The molecule has 0 saturated carbocycles. The number of amides is 4. The summed E-state index contributed by atoms with van der Waals surface area (Å²) in [6.45, 7) is 7.61. The SMILES string of the molecule is Cc1sc2c(c1C)C(c1ccc(Cl)cc1)=N[C@@H](CC(O)NCCCCCCCCNc1ccc3c4c(cccc14)C(=O)N(C1CCC(=O)NC1=O)C3=O)c1nnc(C)n1-2. The monoisotopic (exact) mass is 834 g/mol. The first-order chi connectivity index (χ1) is 28.5. The van der Waals surface area contributed by atoms with E-state index in [4.69, 9.17) is 16.6 Å². The fourth-order valence-corrected chi connectivity index (χ4v) is 9.72. The van der Waals surface area contributed by atoms with Gasteiger partial charge in [-0.2, -0.15) is 0 Å². The van der Waals surface area contributed by atoms with E-state index in [9.17, 15) is 24.3 Å². The van der Waals surface area contributed by atoms with Gasteiger partial charge < -0.3 is 10.4 Å². The Morgan fingerprint density at radius 3 is 2.36 bits per heavy atom. The Balaban J connectivity index is 0.802. The van der Waals surface area contributed by atoms with Gasteiger partial charge in [0.15, 0.2) is 5.82 Å². The van der Waals surface area contributed by atoms with Crippen LogP contribution in [-0.2, 0) is 9.59 Å². The first-order valence-corrected chi connectivity index (χ1v) is 21.5. The fourth-order valence-electron chi connectivity index (χ4n) is 8.38. The lowest BCUT2D eigenvalue weighted by Gasteiger charge is -2.34. The summed E-state index contributed by atoms with van der Waals surface area (Å²) in [4.78, 5) is 58.8. The molecular weight excluding hydrogens is 788 g/mol. The molecule has 0 bridgehead atoms. The van der Waals surface area contributed by atoms with Crippen LogP contribution >= 0.6 is 22.9 Å². The summed E-state index contributed by atoms with van der Waals surface area (Å²) < 4.78 is 2.09. The lowest BCUT2D eigenvalue weighted by atomic mass is 9.91. The van der Waals surface area contributed by atoms with Crippen LogP contribution in [0.4, 0.5) is 5.69 Å². The maximum Gasteiger partial charge on any atom is 0.262 e. The summed E-state index contributed by atoms with van der Waals surface area (Å²) in [5, 5.41) is 32.3. The number of aliphatic imine (C=N–C) groups is 1. The molecule has 3 aromatic carbocycles. The Morgan fingerprint density at radius 1 is 0.898 bits per heavy atom. The van der Waals surface area contributed by atoms with Gasteiger partial charge >= 0.3 is 0 Å². The Kier molecular flexibility index (Phi) is 11.8. The van der Waals surface area contributed by atoms with Crippen LogP contribution in [0.2, 0.25) is 5.02 Å². The van der Waals surface area contributed by atoms with Crippen LogP contribution < -0.4 is 16.0 Å². The van der Waals surface area contributed by atoms with E-state index in [1.165, 1.54) is 10.4 Å². The van der Waals surface area contributed by atoms with E-state index < -0.39 is 41.9 Å². The summed E-state index contributed by atoms with van der Waals surface area (Å²) in [5.74, 6) is -0.572. The van der Waals surface area contributed by atoms with E-state index in [1.807, 2.05) is 43.3 Å². The summed E-state index contributed by atoms with van der Waals surface area (Å²) in [5.41, 5.74) is 5.65. The van der Waals surface area contributed by atoms with Gasteiger partial charge in [0, 0.05) is 68.0 Å². The zero-order valence-electron chi connectivity index (χ0n) is 33.3. The highest BCUT2D eigenvalue weighted by Gasteiger charge is 2.43. The molecule has 8 rings (SSSR count). The van der Waals surface area contributed by atoms with Crippen LogP contribution in [-0.4, -0.2) is 79.5 Å². The molecule has 5 heterocycles. The Bertz CT molecular complexity index is 2470. The van der Waals surface area contributed by atoms with Crippen molar-refractivity contribution in [2.45, 2.75) is 96.9 Å². The molecule has 5 aromatic rings. The number of halogens is 1. The number of aromatic nitrogens is 3. The van der Waals surface area contributed by atoms with Crippen molar-refractivity contribution in [1.29, 1.82) is 0 Å². The highest BCUT2D eigenvalue weighted by Crippen LogP contribution is 2.40. The van der Waals surface area contributed by atoms with E-state index in [0.29, 0.717) is 34.5 Å². The van der Waals surface area contributed by atoms with Crippen molar-refractivity contribution < 1.29 is 24.3 Å². The number of aryl methyl sites for hydroxylation is 2. The number of hydrogen-bond acceptors (Lipinski definition) is 11. The second kappa shape index (κ2) is 17.1. The van der Waals surface area contributed by atoms with Gasteiger partial charge in [0.2, 0.25) is 11.8 Å². The molecule has 306 valence electrons. The molecule has 2 unspecified atom stereocenters. The van der Waals surface area contributed by atoms with E-state index in [1.54, 1.807) is 29.5 Å². The van der Waals surface area contributed by atoms with E-state index in [-0.39, 0.29) is 12.8 Å². The minimum atomic E-state index is -1.02. The number of carbonyl (C=O) groups excluding carboxylic acids is 4. The van der Waals surface area contributed by atoms with Crippen LogP contribution in [0.3, 0.4) is 0 Å². The van der Waals surface area contributed by atoms with Gasteiger partial charge in [-0.05, 0) is 82.5 Å². The molecule has 1 fully saturated rings. The van der Waals surface area contributed by atoms with E-state index in [2.05, 4.69) is 44.6 Å². The third-order valence-corrected chi connectivity index (χ3v) is 13.0. The minimum absolute atomic E-state index is 0.0728. The van der Waals surface area contributed by atoms with Crippen LogP contribution in [0.5, 0.6) is 0 Å². The topological polar surface area (TPSA) is 171 Å². The number of aliphatic hydroxyl groups is 1. The fraction of sp³-hybridized carbons (Fsp3) is 0.386. The Morgan fingerprint density at radius 2 is 1.61 bits per heavy atom. The van der Waals surface area contributed by atoms with Crippen LogP contribution in [0.1, 0.15) is 118 Å². The predicted octanol–water partition coefficient (Wildman–Crippen LogP) is 7.10. The second-order valence-electron chi connectivity index (χ2n) is 15.5. The second-order valence-corrected chi connectivity index (χ2v) is 17.1. The highest BCUT2D eigenvalue weighted by atomic mass is 35.5. The van der Waals surface area contributed by atoms with Crippen molar-refractivity contribution in [3.8, 4) is 5.00 Å². The molecule has 1 saturated heterocycles. The Hall–Kier alpha value is -5.28. The normalized spacial score (nSPS) is 18.1. The molecule has 59 heavy (non-hydrogen) atoms.